The predicted molar refractivity (Wildman–Crippen MR) is 89.2 cm³/mol. The standard InChI is InChI=1S/C16H28N4O5/c1-22-9-4-7-17-16(21)20-8-3-5-13(11-20)24-10-6-14-18-15(12-23-2)25-19-14/h13H,3-12H2,1-2H3,(H,17,21). The van der Waals surface area contributed by atoms with Gasteiger partial charge in [-0.1, -0.05) is 5.16 Å². The van der Waals surface area contributed by atoms with Crippen molar-refractivity contribution in [2.45, 2.75) is 38.4 Å². The summed E-state index contributed by atoms with van der Waals surface area (Å²) in [7, 11) is 3.23. The third-order valence-electron chi connectivity index (χ3n) is 3.92. The minimum atomic E-state index is -0.0354. The van der Waals surface area contributed by atoms with Crippen LogP contribution in [0.25, 0.3) is 0 Å². The van der Waals surface area contributed by atoms with Gasteiger partial charge in [0.25, 0.3) is 5.89 Å². The highest BCUT2D eigenvalue weighted by atomic mass is 16.5. The van der Waals surface area contributed by atoms with Crippen LogP contribution >= 0.6 is 0 Å². The normalized spacial score (nSPS) is 17.7. The lowest BCUT2D eigenvalue weighted by Crippen LogP contribution is -2.48. The number of methoxy groups -OCH3 is 2. The molecule has 0 aliphatic carbocycles. The third kappa shape index (κ3) is 6.97. The molecule has 9 nitrogen and oxygen atoms in total. The largest absolute Gasteiger partial charge is 0.385 e. The number of hydrogen-bond donors (Lipinski definition) is 1. The molecule has 2 amide bonds. The number of rotatable bonds is 10. The topological polar surface area (TPSA) is 99.0 Å². The van der Waals surface area contributed by atoms with Crippen molar-refractivity contribution in [1.29, 1.82) is 0 Å². The first kappa shape index (κ1) is 19.6. The van der Waals surface area contributed by atoms with E-state index in [-0.39, 0.29) is 12.1 Å². The summed E-state index contributed by atoms with van der Waals surface area (Å²) in [6, 6.07) is -0.0354. The number of ether oxygens (including phenoxy) is 3. The molecule has 2 heterocycles. The Kier molecular flexibility index (Phi) is 8.64. The van der Waals surface area contributed by atoms with Crippen LogP contribution in [0.1, 0.15) is 31.0 Å². The molecule has 0 bridgehead atoms. The van der Waals surface area contributed by atoms with Crippen molar-refractivity contribution in [2.75, 3.05) is 47.1 Å². The lowest BCUT2D eigenvalue weighted by atomic mass is 10.1. The number of amides is 2. The molecule has 1 saturated heterocycles. The first-order valence-corrected chi connectivity index (χ1v) is 8.66. The number of urea groups is 1. The Morgan fingerprint density at radius 2 is 2.24 bits per heavy atom. The van der Waals surface area contributed by atoms with Crippen LogP contribution in [-0.2, 0) is 27.2 Å². The molecule has 1 fully saturated rings. The first-order valence-electron chi connectivity index (χ1n) is 8.66. The number of nitrogens with zero attached hydrogens (tertiary/aromatic N) is 3. The summed E-state index contributed by atoms with van der Waals surface area (Å²) in [6.07, 6.45) is 3.33. The zero-order valence-corrected chi connectivity index (χ0v) is 15.0. The maximum absolute atomic E-state index is 12.1. The highest BCUT2D eigenvalue weighted by Gasteiger charge is 2.24. The molecule has 0 radical (unpaired) electrons. The summed E-state index contributed by atoms with van der Waals surface area (Å²) in [5.41, 5.74) is 0. The second-order valence-electron chi connectivity index (χ2n) is 5.95. The molecule has 9 heteroatoms. The fraction of sp³-hybridized carbons (Fsp3) is 0.812. The van der Waals surface area contributed by atoms with Gasteiger partial charge in [0.15, 0.2) is 5.82 Å². The molecule has 142 valence electrons. The SMILES string of the molecule is COCCCNC(=O)N1CCCC(OCCc2noc(COC)n2)C1. The van der Waals surface area contributed by atoms with Crippen LogP contribution in [-0.4, -0.2) is 74.2 Å². The monoisotopic (exact) mass is 356 g/mol. The summed E-state index contributed by atoms with van der Waals surface area (Å²) in [6.45, 7) is 3.45. The van der Waals surface area contributed by atoms with E-state index in [1.807, 2.05) is 4.90 Å². The van der Waals surface area contributed by atoms with Gasteiger partial charge >= 0.3 is 6.03 Å². The second kappa shape index (κ2) is 11.0. The van der Waals surface area contributed by atoms with Gasteiger partial charge in [0, 0.05) is 46.9 Å². The van der Waals surface area contributed by atoms with Crippen molar-refractivity contribution in [3.63, 3.8) is 0 Å². The molecule has 1 atom stereocenters. The Bertz CT molecular complexity index is 510. The lowest BCUT2D eigenvalue weighted by molar-refractivity contribution is 0.0105. The number of aromatic nitrogens is 2. The maximum atomic E-state index is 12.1. The average Bonchev–Trinajstić information content (AvgIpc) is 3.07. The van der Waals surface area contributed by atoms with E-state index in [1.54, 1.807) is 14.2 Å². The maximum Gasteiger partial charge on any atom is 0.317 e. The van der Waals surface area contributed by atoms with Crippen molar-refractivity contribution in [2.24, 2.45) is 0 Å². The Balaban J connectivity index is 1.65. The number of likely N-dealkylation sites (tertiary alicyclic amines) is 1. The van der Waals surface area contributed by atoms with E-state index in [2.05, 4.69) is 15.5 Å². The van der Waals surface area contributed by atoms with Crippen LogP contribution < -0.4 is 5.32 Å². The van der Waals surface area contributed by atoms with Crippen LogP contribution in [0.15, 0.2) is 4.52 Å². The Morgan fingerprint density at radius 1 is 1.36 bits per heavy atom. The van der Waals surface area contributed by atoms with Gasteiger partial charge in [0.2, 0.25) is 0 Å². The first-order chi connectivity index (χ1) is 12.2. The van der Waals surface area contributed by atoms with Crippen molar-refractivity contribution in [1.82, 2.24) is 20.4 Å². The summed E-state index contributed by atoms with van der Waals surface area (Å²) < 4.78 is 20.8. The molecule has 0 spiro atoms. The fourth-order valence-corrected chi connectivity index (χ4v) is 2.67. The Hall–Kier alpha value is -1.71. The van der Waals surface area contributed by atoms with Gasteiger partial charge < -0.3 is 29.0 Å². The fourth-order valence-electron chi connectivity index (χ4n) is 2.67. The average molecular weight is 356 g/mol. The Labute approximate surface area is 148 Å². The van der Waals surface area contributed by atoms with E-state index < -0.39 is 0 Å². The van der Waals surface area contributed by atoms with Crippen LogP contribution in [0.4, 0.5) is 4.79 Å². The van der Waals surface area contributed by atoms with E-state index in [9.17, 15) is 4.79 Å². The van der Waals surface area contributed by atoms with E-state index in [0.29, 0.717) is 51.0 Å². The van der Waals surface area contributed by atoms with E-state index in [1.165, 1.54) is 0 Å². The number of hydrogen-bond acceptors (Lipinski definition) is 7. The van der Waals surface area contributed by atoms with E-state index in [4.69, 9.17) is 18.7 Å². The minimum Gasteiger partial charge on any atom is -0.385 e. The molecule has 0 saturated carbocycles. The molecular formula is C16H28N4O5. The number of piperidine rings is 1. The summed E-state index contributed by atoms with van der Waals surface area (Å²) in [4.78, 5) is 18.2. The molecular weight excluding hydrogens is 328 g/mol. The van der Waals surface area contributed by atoms with Gasteiger partial charge in [-0.2, -0.15) is 4.98 Å². The molecule has 1 aliphatic heterocycles. The van der Waals surface area contributed by atoms with Crippen molar-refractivity contribution >= 4 is 6.03 Å². The van der Waals surface area contributed by atoms with Crippen molar-refractivity contribution in [3.8, 4) is 0 Å². The highest BCUT2D eigenvalue weighted by Crippen LogP contribution is 2.14. The molecule has 1 unspecified atom stereocenters. The molecule has 25 heavy (non-hydrogen) atoms. The zero-order chi connectivity index (χ0) is 17.9. The Morgan fingerprint density at radius 3 is 3.04 bits per heavy atom. The molecule has 1 N–H and O–H groups in total. The number of carbonyl (C=O) groups is 1. The lowest BCUT2D eigenvalue weighted by Gasteiger charge is -2.32. The summed E-state index contributed by atoms with van der Waals surface area (Å²) in [5, 5.41) is 6.79. The highest BCUT2D eigenvalue weighted by molar-refractivity contribution is 5.74. The summed E-state index contributed by atoms with van der Waals surface area (Å²) >= 11 is 0. The van der Waals surface area contributed by atoms with Gasteiger partial charge in [-0.3, -0.25) is 0 Å². The minimum absolute atomic E-state index is 0.0354. The molecule has 1 aromatic heterocycles. The van der Waals surface area contributed by atoms with Crippen molar-refractivity contribution < 1.29 is 23.5 Å². The smallest absolute Gasteiger partial charge is 0.317 e. The van der Waals surface area contributed by atoms with Crippen LogP contribution in [0.5, 0.6) is 0 Å². The van der Waals surface area contributed by atoms with E-state index in [0.717, 1.165) is 25.8 Å². The van der Waals surface area contributed by atoms with Gasteiger partial charge in [-0.25, -0.2) is 4.79 Å². The van der Waals surface area contributed by atoms with Gasteiger partial charge in [0.1, 0.15) is 6.61 Å². The van der Waals surface area contributed by atoms with Crippen molar-refractivity contribution in [3.05, 3.63) is 11.7 Å². The van der Waals surface area contributed by atoms with Crippen LogP contribution in [0.3, 0.4) is 0 Å². The predicted octanol–water partition coefficient (Wildman–Crippen LogP) is 0.986. The number of carbonyl (C=O) groups excluding carboxylic acids is 1. The molecule has 2 rings (SSSR count). The van der Waals surface area contributed by atoms with Gasteiger partial charge in [-0.15, -0.1) is 0 Å². The second-order valence-corrected chi connectivity index (χ2v) is 5.95. The van der Waals surface area contributed by atoms with Gasteiger partial charge in [0.05, 0.1) is 12.7 Å². The van der Waals surface area contributed by atoms with E-state index >= 15 is 0 Å². The molecule has 1 aromatic rings. The summed E-state index contributed by atoms with van der Waals surface area (Å²) in [5.74, 6) is 1.07. The quantitative estimate of drug-likeness (QED) is 0.624. The third-order valence-corrected chi connectivity index (χ3v) is 3.92. The molecule has 1 aliphatic rings. The van der Waals surface area contributed by atoms with Gasteiger partial charge in [-0.05, 0) is 19.3 Å². The molecule has 0 aromatic carbocycles. The zero-order valence-electron chi connectivity index (χ0n) is 15.0. The van der Waals surface area contributed by atoms with Crippen LogP contribution in [0.2, 0.25) is 0 Å². The number of nitrogens with one attached hydrogen (secondary N) is 1. The van der Waals surface area contributed by atoms with Crippen LogP contribution in [0, 0.1) is 0 Å².